The van der Waals surface area contributed by atoms with Gasteiger partial charge in [-0.1, -0.05) is 42.5 Å². The Balaban J connectivity index is 1.45. The molecule has 0 spiro atoms. The lowest BCUT2D eigenvalue weighted by atomic mass is 10.0. The van der Waals surface area contributed by atoms with Crippen molar-refractivity contribution in [2.75, 3.05) is 11.9 Å². The summed E-state index contributed by atoms with van der Waals surface area (Å²) in [4.78, 5) is 32.7. The summed E-state index contributed by atoms with van der Waals surface area (Å²) in [5.41, 5.74) is 3.69. The number of thiazole rings is 1. The molecule has 2 amide bonds. The highest BCUT2D eigenvalue weighted by Crippen LogP contribution is 2.29. The van der Waals surface area contributed by atoms with Gasteiger partial charge in [-0.2, -0.15) is 0 Å². The molecular formula is C23H23N3O2S. The molecule has 1 aliphatic rings. The highest BCUT2D eigenvalue weighted by atomic mass is 32.1. The maximum atomic E-state index is 13.1. The first-order valence-corrected chi connectivity index (χ1v) is 10.5. The van der Waals surface area contributed by atoms with E-state index in [1.54, 1.807) is 4.90 Å². The van der Waals surface area contributed by atoms with E-state index in [-0.39, 0.29) is 24.4 Å². The van der Waals surface area contributed by atoms with Crippen LogP contribution in [0.3, 0.4) is 0 Å². The van der Waals surface area contributed by atoms with Gasteiger partial charge in [-0.15, -0.1) is 11.3 Å². The van der Waals surface area contributed by atoms with Crippen molar-refractivity contribution in [1.29, 1.82) is 0 Å². The quantitative estimate of drug-likeness (QED) is 0.648. The number of carbonyl (C=O) groups is 2. The number of aromatic nitrogens is 1. The number of benzene rings is 2. The van der Waals surface area contributed by atoms with Crippen molar-refractivity contribution in [2.45, 2.75) is 32.7 Å². The van der Waals surface area contributed by atoms with Gasteiger partial charge in [-0.05, 0) is 49.9 Å². The lowest BCUT2D eigenvalue weighted by Crippen LogP contribution is -2.39. The maximum Gasteiger partial charge on any atom is 0.254 e. The van der Waals surface area contributed by atoms with E-state index in [0.29, 0.717) is 10.7 Å². The van der Waals surface area contributed by atoms with Crippen LogP contribution in [-0.4, -0.2) is 34.3 Å². The molecule has 1 N–H and O–H groups in total. The molecule has 5 nitrogen and oxygen atoms in total. The Kier molecular flexibility index (Phi) is 5.45. The van der Waals surface area contributed by atoms with Gasteiger partial charge in [0.05, 0.1) is 5.69 Å². The normalized spacial score (nSPS) is 13.2. The molecule has 148 valence electrons. The second kappa shape index (κ2) is 8.17. The SMILES string of the molecule is Cc1nc(NC(=O)CN(C(=O)c2ccc(-c3ccccc3)cc2)C2CC2)sc1C. The lowest BCUT2D eigenvalue weighted by Gasteiger charge is -2.22. The summed E-state index contributed by atoms with van der Waals surface area (Å²) in [7, 11) is 0. The Morgan fingerprint density at radius 1 is 1.03 bits per heavy atom. The zero-order valence-corrected chi connectivity index (χ0v) is 17.3. The zero-order valence-electron chi connectivity index (χ0n) is 16.5. The average molecular weight is 406 g/mol. The van der Waals surface area contributed by atoms with Crippen LogP contribution in [0.5, 0.6) is 0 Å². The minimum absolute atomic E-state index is 0.0433. The van der Waals surface area contributed by atoms with Crippen molar-refractivity contribution in [3.8, 4) is 11.1 Å². The number of anilines is 1. The van der Waals surface area contributed by atoms with E-state index in [9.17, 15) is 9.59 Å². The van der Waals surface area contributed by atoms with Gasteiger partial charge in [0, 0.05) is 16.5 Å². The molecule has 6 heteroatoms. The summed E-state index contributed by atoms with van der Waals surface area (Å²) in [5.74, 6) is -0.311. The van der Waals surface area contributed by atoms with Gasteiger partial charge in [0.1, 0.15) is 6.54 Å². The topological polar surface area (TPSA) is 62.3 Å². The Bertz CT molecular complexity index is 1000. The van der Waals surface area contributed by atoms with E-state index in [1.165, 1.54) is 11.3 Å². The highest BCUT2D eigenvalue weighted by molar-refractivity contribution is 7.15. The summed E-state index contributed by atoms with van der Waals surface area (Å²) < 4.78 is 0. The Morgan fingerprint density at radius 3 is 2.28 bits per heavy atom. The number of rotatable bonds is 6. The molecule has 1 aliphatic carbocycles. The van der Waals surface area contributed by atoms with Gasteiger partial charge in [-0.25, -0.2) is 4.98 Å². The van der Waals surface area contributed by atoms with Gasteiger partial charge in [0.15, 0.2) is 5.13 Å². The van der Waals surface area contributed by atoms with Crippen molar-refractivity contribution < 1.29 is 9.59 Å². The Labute approximate surface area is 174 Å². The molecular weight excluding hydrogens is 382 g/mol. The van der Waals surface area contributed by atoms with E-state index in [0.717, 1.165) is 34.5 Å². The van der Waals surface area contributed by atoms with Crippen LogP contribution in [0, 0.1) is 13.8 Å². The van der Waals surface area contributed by atoms with Crippen LogP contribution in [0.25, 0.3) is 11.1 Å². The van der Waals surface area contributed by atoms with Crippen LogP contribution in [-0.2, 0) is 4.79 Å². The number of nitrogens with one attached hydrogen (secondary N) is 1. The Hall–Kier alpha value is -2.99. The fraction of sp³-hybridized carbons (Fsp3) is 0.261. The summed E-state index contributed by atoms with van der Waals surface area (Å²) in [6.07, 6.45) is 1.88. The first kappa shape index (κ1) is 19.3. The molecule has 1 heterocycles. The minimum Gasteiger partial charge on any atom is -0.326 e. The van der Waals surface area contributed by atoms with E-state index in [1.807, 2.05) is 68.4 Å². The summed E-state index contributed by atoms with van der Waals surface area (Å²) in [6, 6.07) is 17.8. The molecule has 0 radical (unpaired) electrons. The number of hydrogen-bond donors (Lipinski definition) is 1. The van der Waals surface area contributed by atoms with Crippen molar-refractivity contribution in [3.05, 3.63) is 70.7 Å². The molecule has 0 bridgehead atoms. The maximum absolute atomic E-state index is 13.1. The van der Waals surface area contributed by atoms with E-state index in [2.05, 4.69) is 10.3 Å². The molecule has 0 atom stereocenters. The highest BCUT2D eigenvalue weighted by Gasteiger charge is 2.34. The lowest BCUT2D eigenvalue weighted by molar-refractivity contribution is -0.117. The van der Waals surface area contributed by atoms with Crippen LogP contribution < -0.4 is 5.32 Å². The predicted molar refractivity (Wildman–Crippen MR) is 116 cm³/mol. The van der Waals surface area contributed by atoms with Crippen LogP contribution in [0.4, 0.5) is 5.13 Å². The fourth-order valence-electron chi connectivity index (χ4n) is 3.19. The first-order chi connectivity index (χ1) is 14.0. The third-order valence-corrected chi connectivity index (χ3v) is 6.06. The molecule has 0 saturated heterocycles. The summed E-state index contributed by atoms with van der Waals surface area (Å²) in [5, 5.41) is 3.41. The molecule has 1 saturated carbocycles. The van der Waals surface area contributed by atoms with Crippen molar-refractivity contribution in [2.24, 2.45) is 0 Å². The molecule has 0 unspecified atom stereocenters. The fourth-order valence-corrected chi connectivity index (χ4v) is 4.03. The smallest absolute Gasteiger partial charge is 0.254 e. The monoisotopic (exact) mass is 405 g/mol. The number of hydrogen-bond acceptors (Lipinski definition) is 4. The van der Waals surface area contributed by atoms with Gasteiger partial charge in [0.25, 0.3) is 5.91 Å². The van der Waals surface area contributed by atoms with Crippen molar-refractivity contribution >= 4 is 28.3 Å². The molecule has 3 aromatic rings. The van der Waals surface area contributed by atoms with Gasteiger partial charge in [0.2, 0.25) is 5.91 Å². The molecule has 0 aliphatic heterocycles. The second-order valence-corrected chi connectivity index (χ2v) is 8.52. The zero-order chi connectivity index (χ0) is 20.4. The number of nitrogens with zero attached hydrogens (tertiary/aromatic N) is 2. The number of carbonyl (C=O) groups excluding carboxylic acids is 2. The van der Waals surface area contributed by atoms with Crippen LogP contribution in [0.15, 0.2) is 54.6 Å². The minimum atomic E-state index is -0.208. The van der Waals surface area contributed by atoms with Crippen molar-refractivity contribution in [1.82, 2.24) is 9.88 Å². The van der Waals surface area contributed by atoms with Gasteiger partial charge in [-0.3, -0.25) is 9.59 Å². The Morgan fingerprint density at radius 2 is 1.69 bits per heavy atom. The first-order valence-electron chi connectivity index (χ1n) is 9.71. The van der Waals surface area contributed by atoms with E-state index >= 15 is 0 Å². The van der Waals surface area contributed by atoms with E-state index in [4.69, 9.17) is 0 Å². The van der Waals surface area contributed by atoms with Gasteiger partial charge < -0.3 is 10.2 Å². The van der Waals surface area contributed by atoms with Crippen LogP contribution in [0.2, 0.25) is 0 Å². The largest absolute Gasteiger partial charge is 0.326 e. The molecule has 1 aromatic heterocycles. The third kappa shape index (κ3) is 4.54. The average Bonchev–Trinajstić information content (AvgIpc) is 3.52. The predicted octanol–water partition coefficient (Wildman–Crippen LogP) is 4.67. The molecule has 1 fully saturated rings. The van der Waals surface area contributed by atoms with E-state index < -0.39 is 0 Å². The number of aryl methyl sites for hydroxylation is 2. The summed E-state index contributed by atoms with van der Waals surface area (Å²) >= 11 is 1.45. The second-order valence-electron chi connectivity index (χ2n) is 7.32. The van der Waals surface area contributed by atoms with Crippen molar-refractivity contribution in [3.63, 3.8) is 0 Å². The standard InChI is InChI=1S/C23H23N3O2S/c1-15-16(2)29-23(24-15)25-21(27)14-26(20-12-13-20)22(28)19-10-8-18(9-11-19)17-6-4-3-5-7-17/h3-11,20H,12-14H2,1-2H3,(H,24,25,27). The molecule has 29 heavy (non-hydrogen) atoms. The van der Waals surface area contributed by atoms with Crippen LogP contribution in [0.1, 0.15) is 33.8 Å². The third-order valence-electron chi connectivity index (χ3n) is 5.08. The van der Waals surface area contributed by atoms with Gasteiger partial charge >= 0.3 is 0 Å². The van der Waals surface area contributed by atoms with Crippen LogP contribution >= 0.6 is 11.3 Å². The molecule has 4 rings (SSSR count). The summed E-state index contributed by atoms with van der Waals surface area (Å²) in [6.45, 7) is 3.93. The number of amides is 2. The molecule has 2 aromatic carbocycles.